The second-order valence-corrected chi connectivity index (χ2v) is 7.04. The molecule has 0 nitrogen and oxygen atoms in total. The third-order valence-corrected chi connectivity index (χ3v) is 6.05. The Morgan fingerprint density at radius 1 is 0.650 bits per heavy atom. The van der Waals surface area contributed by atoms with E-state index in [1.807, 2.05) is 22.7 Å². The summed E-state index contributed by atoms with van der Waals surface area (Å²) in [6.07, 6.45) is 0. The zero-order valence-electron chi connectivity index (χ0n) is 10.6. The van der Waals surface area contributed by atoms with E-state index in [0.29, 0.717) is 0 Å². The molecule has 0 aliphatic carbocycles. The molecule has 0 saturated heterocycles. The van der Waals surface area contributed by atoms with Crippen LogP contribution < -0.4 is 0 Å². The molecule has 0 spiro atoms. The summed E-state index contributed by atoms with van der Waals surface area (Å²) in [5.41, 5.74) is 0. The Hall–Kier alpha value is -1.90. The molecular weight excluding hydrogens is 280 g/mol. The first-order valence-corrected chi connectivity index (χ1v) is 8.31. The predicted molar refractivity (Wildman–Crippen MR) is 92.2 cm³/mol. The van der Waals surface area contributed by atoms with E-state index in [1.54, 1.807) is 0 Å². The summed E-state index contributed by atoms with van der Waals surface area (Å²) >= 11 is 3.72. The van der Waals surface area contributed by atoms with E-state index >= 15 is 0 Å². The highest BCUT2D eigenvalue weighted by Gasteiger charge is 2.10. The number of thiophene rings is 2. The average Bonchev–Trinajstić information content (AvgIpc) is 3.10. The highest BCUT2D eigenvalue weighted by atomic mass is 32.1. The van der Waals surface area contributed by atoms with Crippen molar-refractivity contribution in [1.82, 2.24) is 0 Å². The molecular formula is C18H10S2. The second-order valence-electron chi connectivity index (χ2n) is 5.04. The van der Waals surface area contributed by atoms with Gasteiger partial charge in [-0.05, 0) is 34.4 Å². The molecule has 0 amide bonds. The van der Waals surface area contributed by atoms with Crippen LogP contribution in [0.3, 0.4) is 0 Å². The van der Waals surface area contributed by atoms with E-state index in [0.717, 1.165) is 0 Å². The van der Waals surface area contributed by atoms with E-state index in [1.165, 1.54) is 41.0 Å². The molecule has 3 aromatic carbocycles. The number of hydrogen-bond donors (Lipinski definition) is 0. The van der Waals surface area contributed by atoms with E-state index in [9.17, 15) is 0 Å². The van der Waals surface area contributed by atoms with Gasteiger partial charge in [-0.3, -0.25) is 0 Å². The van der Waals surface area contributed by atoms with Crippen molar-refractivity contribution in [3.8, 4) is 0 Å². The average molecular weight is 290 g/mol. The Labute approximate surface area is 123 Å². The minimum atomic E-state index is 1.35. The van der Waals surface area contributed by atoms with Crippen LogP contribution in [0.1, 0.15) is 0 Å². The maximum absolute atomic E-state index is 2.28. The van der Waals surface area contributed by atoms with Gasteiger partial charge >= 0.3 is 0 Å². The van der Waals surface area contributed by atoms with Gasteiger partial charge in [0.2, 0.25) is 0 Å². The van der Waals surface area contributed by atoms with Gasteiger partial charge in [-0.1, -0.05) is 36.4 Å². The van der Waals surface area contributed by atoms with Gasteiger partial charge in [-0.15, -0.1) is 22.7 Å². The molecule has 2 heteroatoms. The van der Waals surface area contributed by atoms with Crippen molar-refractivity contribution < 1.29 is 0 Å². The number of benzene rings is 3. The molecule has 2 aromatic heterocycles. The Morgan fingerprint density at radius 2 is 1.55 bits per heavy atom. The summed E-state index contributed by atoms with van der Waals surface area (Å²) in [7, 11) is 0. The maximum Gasteiger partial charge on any atom is 0.0421 e. The van der Waals surface area contributed by atoms with Crippen LogP contribution in [0, 0.1) is 0 Å². The topological polar surface area (TPSA) is 0 Å². The zero-order valence-corrected chi connectivity index (χ0v) is 12.2. The summed E-state index contributed by atoms with van der Waals surface area (Å²) in [6.45, 7) is 0. The first-order chi connectivity index (χ1) is 9.92. The highest BCUT2D eigenvalue weighted by Crippen LogP contribution is 2.40. The van der Waals surface area contributed by atoms with Crippen LogP contribution in [0.15, 0.2) is 60.0 Å². The summed E-state index contributed by atoms with van der Waals surface area (Å²) in [4.78, 5) is 0. The zero-order chi connectivity index (χ0) is 13.1. The van der Waals surface area contributed by atoms with Crippen LogP contribution >= 0.6 is 22.7 Å². The van der Waals surface area contributed by atoms with Crippen molar-refractivity contribution in [2.45, 2.75) is 0 Å². The molecule has 94 valence electrons. The first kappa shape index (κ1) is 10.8. The lowest BCUT2D eigenvalue weighted by Crippen LogP contribution is -1.74. The van der Waals surface area contributed by atoms with Gasteiger partial charge in [-0.25, -0.2) is 0 Å². The lowest BCUT2D eigenvalue weighted by atomic mass is 10.0. The Balaban J connectivity index is 2.14. The summed E-state index contributed by atoms with van der Waals surface area (Å²) < 4.78 is 4.16. The predicted octanol–water partition coefficient (Wildman–Crippen LogP) is 6.42. The van der Waals surface area contributed by atoms with Crippen molar-refractivity contribution in [3.05, 3.63) is 60.0 Å². The molecule has 0 fully saturated rings. The lowest BCUT2D eigenvalue weighted by molar-refractivity contribution is 1.87. The molecule has 5 rings (SSSR count). The number of rotatable bonds is 0. The van der Waals surface area contributed by atoms with Crippen LogP contribution in [-0.2, 0) is 0 Å². The monoisotopic (exact) mass is 290 g/mol. The maximum atomic E-state index is 2.28. The summed E-state index contributed by atoms with van der Waals surface area (Å²) in [6, 6.07) is 20.0. The van der Waals surface area contributed by atoms with E-state index in [4.69, 9.17) is 0 Å². The van der Waals surface area contributed by atoms with Crippen LogP contribution in [0.4, 0.5) is 0 Å². The highest BCUT2D eigenvalue weighted by molar-refractivity contribution is 7.26. The largest absolute Gasteiger partial charge is 0.143 e. The van der Waals surface area contributed by atoms with Gasteiger partial charge < -0.3 is 0 Å². The van der Waals surface area contributed by atoms with Crippen LogP contribution in [0.2, 0.25) is 0 Å². The van der Waals surface area contributed by atoms with Crippen molar-refractivity contribution in [1.29, 1.82) is 0 Å². The normalized spacial score (nSPS) is 12.0. The van der Waals surface area contributed by atoms with Gasteiger partial charge in [0.15, 0.2) is 0 Å². The van der Waals surface area contributed by atoms with Gasteiger partial charge in [0.05, 0.1) is 0 Å². The molecule has 0 bridgehead atoms. The van der Waals surface area contributed by atoms with Gasteiger partial charge in [0, 0.05) is 30.3 Å². The van der Waals surface area contributed by atoms with Crippen molar-refractivity contribution >= 4 is 63.7 Å². The molecule has 5 aromatic rings. The molecule has 2 heterocycles. The number of hydrogen-bond acceptors (Lipinski definition) is 2. The van der Waals surface area contributed by atoms with E-state index in [-0.39, 0.29) is 0 Å². The fourth-order valence-corrected chi connectivity index (χ4v) is 5.11. The summed E-state index contributed by atoms with van der Waals surface area (Å²) in [5, 5.41) is 9.09. The summed E-state index contributed by atoms with van der Waals surface area (Å²) in [5.74, 6) is 0. The van der Waals surface area contributed by atoms with E-state index in [2.05, 4.69) is 60.0 Å². The Bertz CT molecular complexity index is 1100. The quantitative estimate of drug-likeness (QED) is 0.308. The third kappa shape index (κ3) is 1.30. The van der Waals surface area contributed by atoms with Crippen LogP contribution in [0.25, 0.3) is 41.0 Å². The molecule has 0 aliphatic heterocycles. The Morgan fingerprint density at radius 3 is 2.55 bits per heavy atom. The van der Waals surface area contributed by atoms with Gasteiger partial charge in [-0.2, -0.15) is 0 Å². The number of fused-ring (bicyclic) bond motifs is 7. The van der Waals surface area contributed by atoms with Crippen LogP contribution in [-0.4, -0.2) is 0 Å². The van der Waals surface area contributed by atoms with Gasteiger partial charge in [0.25, 0.3) is 0 Å². The van der Waals surface area contributed by atoms with E-state index < -0.39 is 0 Å². The smallest absolute Gasteiger partial charge is 0.0421 e. The third-order valence-electron chi connectivity index (χ3n) is 3.95. The minimum Gasteiger partial charge on any atom is -0.143 e. The molecule has 0 aliphatic rings. The first-order valence-electron chi connectivity index (χ1n) is 6.62. The second kappa shape index (κ2) is 3.81. The Kier molecular flexibility index (Phi) is 2.07. The van der Waals surface area contributed by atoms with Crippen molar-refractivity contribution in [3.63, 3.8) is 0 Å². The molecule has 0 radical (unpaired) electrons. The molecule has 0 saturated carbocycles. The molecule has 0 N–H and O–H groups in total. The molecule has 20 heavy (non-hydrogen) atoms. The van der Waals surface area contributed by atoms with Crippen molar-refractivity contribution in [2.24, 2.45) is 0 Å². The van der Waals surface area contributed by atoms with Crippen LogP contribution in [0.5, 0.6) is 0 Å². The fraction of sp³-hybridized carbons (Fsp3) is 0. The molecule has 0 unspecified atom stereocenters. The lowest BCUT2D eigenvalue weighted by Gasteiger charge is -2.02. The minimum absolute atomic E-state index is 1.35. The fourth-order valence-electron chi connectivity index (χ4n) is 3.06. The van der Waals surface area contributed by atoms with Crippen molar-refractivity contribution in [2.75, 3.05) is 0 Å². The molecule has 0 atom stereocenters. The SMILES string of the molecule is c1ccc2c(c1)sc1ccc3c(ccc4ccsc43)c12. The van der Waals surface area contributed by atoms with Gasteiger partial charge in [0.1, 0.15) is 0 Å². The standard InChI is InChI=1S/C18H10S2/c1-2-4-15-14(3-1)17-12-6-5-11-9-10-19-18(11)13(12)7-8-16(17)20-15/h1-10H.